The van der Waals surface area contributed by atoms with Gasteiger partial charge in [-0.1, -0.05) is 288 Å². The van der Waals surface area contributed by atoms with Crippen LogP contribution in [0.1, 0.15) is 348 Å². The Kier molecular flexibility index (Phi) is 60.0. The van der Waals surface area contributed by atoms with Crippen molar-refractivity contribution < 1.29 is 24.5 Å². The van der Waals surface area contributed by atoms with E-state index in [1.54, 1.807) is 0 Å². The number of nitrogens with one attached hydrogen (secondary N) is 1. The molecule has 6 heteroatoms. The molecule has 0 radical (unpaired) electrons. The highest BCUT2D eigenvalue weighted by Crippen LogP contribution is 2.17. The molecule has 1 amide bonds. The second kappa shape index (κ2) is 61.6. The molecule has 2 atom stereocenters. The summed E-state index contributed by atoms with van der Waals surface area (Å²) in [6.45, 7) is 4.95. The Hall–Kier alpha value is -1.92. The van der Waals surface area contributed by atoms with Gasteiger partial charge in [-0.25, -0.2) is 0 Å². The Morgan fingerprint density at radius 1 is 0.389 bits per heavy atom. The molecule has 0 rings (SSSR count). The molecule has 0 aliphatic rings. The molecule has 0 heterocycles. The first kappa shape index (κ1) is 70.1. The number of aliphatic hydroxyl groups excluding tert-OH is 2. The molecule has 0 aliphatic heterocycles. The number of unbranched alkanes of at least 4 members (excludes halogenated alkanes) is 43. The molecule has 0 spiro atoms. The van der Waals surface area contributed by atoms with Gasteiger partial charge < -0.3 is 20.3 Å². The molecule has 0 saturated carbocycles. The van der Waals surface area contributed by atoms with E-state index in [9.17, 15) is 19.8 Å². The molecule has 0 bridgehead atoms. The predicted molar refractivity (Wildman–Crippen MR) is 315 cm³/mol. The van der Waals surface area contributed by atoms with E-state index >= 15 is 0 Å². The lowest BCUT2D eigenvalue weighted by atomic mass is 10.0. The van der Waals surface area contributed by atoms with Crippen LogP contribution in [0.15, 0.2) is 36.5 Å². The summed E-state index contributed by atoms with van der Waals surface area (Å²) >= 11 is 0. The predicted octanol–water partition coefficient (Wildman–Crippen LogP) is 20.4. The van der Waals surface area contributed by atoms with Gasteiger partial charge in [-0.05, 0) is 83.5 Å². The van der Waals surface area contributed by atoms with Crippen LogP contribution in [0.4, 0.5) is 0 Å². The first-order valence-corrected chi connectivity index (χ1v) is 32.2. The number of allylic oxidation sites excluding steroid dienone is 6. The monoisotopic (exact) mass is 1010 g/mol. The molecule has 2 unspecified atom stereocenters. The van der Waals surface area contributed by atoms with Gasteiger partial charge in [0.2, 0.25) is 5.91 Å². The lowest BCUT2D eigenvalue weighted by Gasteiger charge is -2.22. The van der Waals surface area contributed by atoms with E-state index in [4.69, 9.17) is 4.74 Å². The van der Waals surface area contributed by atoms with E-state index in [1.165, 1.54) is 263 Å². The highest BCUT2D eigenvalue weighted by molar-refractivity contribution is 5.76. The maximum atomic E-state index is 12.5. The minimum Gasteiger partial charge on any atom is -0.466 e. The third kappa shape index (κ3) is 57.4. The van der Waals surface area contributed by atoms with Crippen molar-refractivity contribution in [2.75, 3.05) is 13.2 Å². The zero-order chi connectivity index (χ0) is 52.2. The molecule has 0 aromatic rings. The summed E-state index contributed by atoms with van der Waals surface area (Å²) in [7, 11) is 0. The SMILES string of the molecule is CCCCCC/C=C\C/C=C\CCCCCCCCCC(=O)OCCCCCCCCCCCCC/C=C\CCCCCCCCCC(=O)NC(CO)C(O)CCCCCCCCCCCCCCCCC. The van der Waals surface area contributed by atoms with Gasteiger partial charge in [0, 0.05) is 12.8 Å². The van der Waals surface area contributed by atoms with E-state index in [2.05, 4.69) is 55.6 Å². The van der Waals surface area contributed by atoms with Crippen molar-refractivity contribution in [2.45, 2.75) is 360 Å². The molecule has 0 fully saturated rings. The van der Waals surface area contributed by atoms with Crippen LogP contribution >= 0.6 is 0 Å². The fourth-order valence-corrected chi connectivity index (χ4v) is 9.96. The lowest BCUT2D eigenvalue weighted by molar-refractivity contribution is -0.143. The van der Waals surface area contributed by atoms with Crippen LogP contribution in [0.2, 0.25) is 0 Å². The van der Waals surface area contributed by atoms with E-state index in [1.807, 2.05) is 0 Å². The van der Waals surface area contributed by atoms with Gasteiger partial charge in [0.25, 0.3) is 0 Å². The standard InChI is InChI=1S/C66H125NO5/c1-3-5-7-9-11-13-15-17-19-20-28-32-36-40-44-48-52-56-60-66(71)72-61-57-53-49-45-41-37-33-29-26-24-22-21-23-25-27-31-35-39-43-47-51-55-59-65(70)67-63(62-68)64(69)58-54-50-46-42-38-34-30-18-16-14-12-10-8-6-4-2/h13,15,19-20,23,25,63-64,68-69H,3-12,14,16-18,21-22,24,26-62H2,1-2H3,(H,67,70)/b15-13-,20-19-,25-23-. The van der Waals surface area contributed by atoms with Crippen LogP contribution in [-0.4, -0.2) is 47.4 Å². The summed E-state index contributed by atoms with van der Waals surface area (Å²) in [5.41, 5.74) is 0. The molecule has 0 saturated heterocycles. The van der Waals surface area contributed by atoms with Crippen LogP contribution in [0.5, 0.6) is 0 Å². The quantitative estimate of drug-likeness (QED) is 0.0320. The highest BCUT2D eigenvalue weighted by atomic mass is 16.5. The second-order valence-electron chi connectivity index (χ2n) is 22.1. The van der Waals surface area contributed by atoms with Crippen molar-refractivity contribution in [1.82, 2.24) is 5.32 Å². The number of amides is 1. The van der Waals surface area contributed by atoms with Gasteiger partial charge in [-0.15, -0.1) is 0 Å². The fourth-order valence-electron chi connectivity index (χ4n) is 9.96. The summed E-state index contributed by atoms with van der Waals surface area (Å²) in [6, 6.07) is -0.547. The van der Waals surface area contributed by atoms with Gasteiger partial charge in [0.15, 0.2) is 0 Å². The van der Waals surface area contributed by atoms with Gasteiger partial charge in [-0.2, -0.15) is 0 Å². The van der Waals surface area contributed by atoms with E-state index in [0.717, 1.165) is 51.4 Å². The minimum atomic E-state index is -0.669. The molecule has 72 heavy (non-hydrogen) atoms. The van der Waals surface area contributed by atoms with Crippen molar-refractivity contribution in [3.05, 3.63) is 36.5 Å². The Labute approximate surface area is 449 Å². The van der Waals surface area contributed by atoms with E-state index in [-0.39, 0.29) is 18.5 Å². The molecule has 0 aliphatic carbocycles. The van der Waals surface area contributed by atoms with E-state index < -0.39 is 12.1 Å². The van der Waals surface area contributed by atoms with Crippen LogP contribution in [-0.2, 0) is 14.3 Å². The third-order valence-electron chi connectivity index (χ3n) is 14.9. The normalized spacial score (nSPS) is 12.8. The summed E-state index contributed by atoms with van der Waals surface area (Å²) in [5, 5.41) is 23.3. The molecule has 424 valence electrons. The van der Waals surface area contributed by atoms with Gasteiger partial charge in [0.05, 0.1) is 25.4 Å². The first-order chi connectivity index (χ1) is 35.5. The van der Waals surface area contributed by atoms with Crippen LogP contribution < -0.4 is 5.32 Å². The smallest absolute Gasteiger partial charge is 0.305 e. The molecule has 0 aromatic carbocycles. The van der Waals surface area contributed by atoms with Crippen LogP contribution in [0.3, 0.4) is 0 Å². The summed E-state index contributed by atoms with van der Waals surface area (Å²) in [5.74, 6) is -0.0377. The number of aliphatic hydroxyl groups is 2. The van der Waals surface area contributed by atoms with E-state index in [0.29, 0.717) is 25.9 Å². The maximum absolute atomic E-state index is 12.5. The van der Waals surface area contributed by atoms with Gasteiger partial charge >= 0.3 is 5.97 Å². The zero-order valence-corrected chi connectivity index (χ0v) is 48.4. The number of ether oxygens (including phenoxy) is 1. The highest BCUT2D eigenvalue weighted by Gasteiger charge is 2.20. The Balaban J connectivity index is 3.41. The van der Waals surface area contributed by atoms with Crippen molar-refractivity contribution in [3.8, 4) is 0 Å². The Bertz CT molecular complexity index is 1170. The Morgan fingerprint density at radius 3 is 1.08 bits per heavy atom. The topological polar surface area (TPSA) is 95.9 Å². The average molecular weight is 1010 g/mol. The molecular formula is C66H125NO5. The zero-order valence-electron chi connectivity index (χ0n) is 48.4. The van der Waals surface area contributed by atoms with Crippen LogP contribution in [0, 0.1) is 0 Å². The number of carbonyl (C=O) groups is 2. The average Bonchev–Trinajstić information content (AvgIpc) is 3.38. The van der Waals surface area contributed by atoms with Crippen molar-refractivity contribution >= 4 is 11.9 Å². The largest absolute Gasteiger partial charge is 0.466 e. The summed E-state index contributed by atoms with van der Waals surface area (Å²) in [4.78, 5) is 24.6. The van der Waals surface area contributed by atoms with Crippen molar-refractivity contribution in [1.29, 1.82) is 0 Å². The number of hydrogen-bond donors (Lipinski definition) is 3. The first-order valence-electron chi connectivity index (χ1n) is 32.2. The summed E-state index contributed by atoms with van der Waals surface area (Å²) < 4.78 is 5.49. The number of esters is 1. The molecule has 0 aromatic heterocycles. The van der Waals surface area contributed by atoms with Gasteiger partial charge in [-0.3, -0.25) is 9.59 Å². The maximum Gasteiger partial charge on any atom is 0.305 e. The van der Waals surface area contributed by atoms with Crippen LogP contribution in [0.25, 0.3) is 0 Å². The van der Waals surface area contributed by atoms with Crippen molar-refractivity contribution in [3.63, 3.8) is 0 Å². The molecule has 3 N–H and O–H groups in total. The molecular weight excluding hydrogens is 887 g/mol. The Morgan fingerprint density at radius 2 is 0.694 bits per heavy atom. The molecule has 6 nitrogen and oxygen atoms in total. The lowest BCUT2D eigenvalue weighted by Crippen LogP contribution is -2.45. The van der Waals surface area contributed by atoms with Gasteiger partial charge in [0.1, 0.15) is 0 Å². The van der Waals surface area contributed by atoms with Crippen molar-refractivity contribution in [2.24, 2.45) is 0 Å². The number of rotatable bonds is 60. The number of hydrogen-bond acceptors (Lipinski definition) is 5. The fraction of sp³-hybridized carbons (Fsp3) is 0.879. The minimum absolute atomic E-state index is 0.00287. The number of carbonyl (C=O) groups excluding carboxylic acids is 2. The second-order valence-corrected chi connectivity index (χ2v) is 22.1. The third-order valence-corrected chi connectivity index (χ3v) is 14.9. The summed E-state index contributed by atoms with van der Waals surface area (Å²) in [6.07, 6.45) is 77.3.